The van der Waals surface area contributed by atoms with E-state index in [1.807, 2.05) is 36.4 Å². The van der Waals surface area contributed by atoms with Crippen LogP contribution in [0, 0.1) is 0 Å². The number of morpholine rings is 1. The second-order valence-electron chi connectivity index (χ2n) is 7.12. The molecule has 1 aliphatic rings. The number of fused-ring (bicyclic) bond motifs is 1. The summed E-state index contributed by atoms with van der Waals surface area (Å²) in [5.74, 6) is -0.522. The van der Waals surface area contributed by atoms with Gasteiger partial charge in [-0.25, -0.2) is 4.79 Å². The third-order valence-electron chi connectivity index (χ3n) is 5.30. The van der Waals surface area contributed by atoms with Gasteiger partial charge in [-0.3, -0.25) is 14.3 Å². The summed E-state index contributed by atoms with van der Waals surface area (Å²) >= 11 is 0. The standard InChI is InChI=1S/C22H25N3O4/c26-21(10-11-25-18-8-4-5-9-20(18)29-22(25)27)23-16-19(17-6-2-1-3-7-17)24-12-14-28-15-13-24/h1-9,19H,10-16H2,(H,23,26). The third kappa shape index (κ3) is 4.58. The molecule has 1 unspecified atom stereocenters. The van der Waals surface area contributed by atoms with Crippen LogP contribution in [0.2, 0.25) is 0 Å². The Labute approximate surface area is 168 Å². The van der Waals surface area contributed by atoms with Gasteiger partial charge in [-0.05, 0) is 17.7 Å². The first-order valence-corrected chi connectivity index (χ1v) is 9.94. The van der Waals surface area contributed by atoms with Gasteiger partial charge in [0.2, 0.25) is 5.91 Å². The molecule has 0 spiro atoms. The number of hydrogen-bond acceptors (Lipinski definition) is 5. The number of benzene rings is 2. The van der Waals surface area contributed by atoms with E-state index in [1.54, 1.807) is 6.07 Å². The second kappa shape index (κ2) is 9.07. The van der Waals surface area contributed by atoms with E-state index in [1.165, 1.54) is 10.1 Å². The van der Waals surface area contributed by atoms with Crippen molar-refractivity contribution in [1.29, 1.82) is 0 Å². The normalized spacial score (nSPS) is 16.0. The third-order valence-corrected chi connectivity index (χ3v) is 5.30. The maximum Gasteiger partial charge on any atom is 0.419 e. The molecule has 4 rings (SSSR count). The fraction of sp³-hybridized carbons (Fsp3) is 0.364. The summed E-state index contributed by atoms with van der Waals surface area (Å²) in [6.45, 7) is 3.89. The first-order chi connectivity index (χ1) is 14.2. The summed E-state index contributed by atoms with van der Waals surface area (Å²) in [7, 11) is 0. The smallest absolute Gasteiger partial charge is 0.408 e. The lowest BCUT2D eigenvalue weighted by Crippen LogP contribution is -2.44. The number of carbonyl (C=O) groups excluding carboxylic acids is 1. The van der Waals surface area contributed by atoms with Crippen LogP contribution in [0.15, 0.2) is 63.8 Å². The van der Waals surface area contributed by atoms with Crippen LogP contribution < -0.4 is 11.1 Å². The minimum absolute atomic E-state index is 0.0867. The van der Waals surface area contributed by atoms with E-state index >= 15 is 0 Å². The van der Waals surface area contributed by atoms with Gasteiger partial charge in [-0.15, -0.1) is 0 Å². The molecule has 3 aromatic rings. The van der Waals surface area contributed by atoms with Crippen molar-refractivity contribution in [1.82, 2.24) is 14.8 Å². The molecule has 1 fully saturated rings. The van der Waals surface area contributed by atoms with E-state index in [9.17, 15) is 9.59 Å². The van der Waals surface area contributed by atoms with Crippen LogP contribution in [0.4, 0.5) is 0 Å². The molecule has 0 saturated carbocycles. The Bertz CT molecular complexity index is 1010. The van der Waals surface area contributed by atoms with Crippen molar-refractivity contribution < 1.29 is 13.9 Å². The summed E-state index contributed by atoms with van der Waals surface area (Å²) in [6.07, 6.45) is 0.216. The molecule has 1 atom stereocenters. The average molecular weight is 395 g/mol. The van der Waals surface area contributed by atoms with Crippen LogP contribution in [0.25, 0.3) is 11.1 Å². The highest BCUT2D eigenvalue weighted by Crippen LogP contribution is 2.21. The Morgan fingerprint density at radius 1 is 1.03 bits per heavy atom. The number of aromatic nitrogens is 1. The van der Waals surface area contributed by atoms with Crippen molar-refractivity contribution in [3.05, 3.63) is 70.7 Å². The van der Waals surface area contributed by atoms with E-state index in [0.29, 0.717) is 30.9 Å². The minimum Gasteiger partial charge on any atom is -0.408 e. The molecule has 7 heteroatoms. The van der Waals surface area contributed by atoms with Crippen molar-refractivity contribution in [2.45, 2.75) is 19.0 Å². The Balaban J connectivity index is 1.39. The van der Waals surface area contributed by atoms with Gasteiger partial charge in [0.05, 0.1) is 24.8 Å². The summed E-state index contributed by atoms with van der Waals surface area (Å²) in [6, 6.07) is 17.5. The Morgan fingerprint density at radius 2 is 1.76 bits per heavy atom. The number of carbonyl (C=O) groups is 1. The number of aryl methyl sites for hydroxylation is 1. The van der Waals surface area contributed by atoms with Crippen LogP contribution in [0.5, 0.6) is 0 Å². The predicted octanol–water partition coefficient (Wildman–Crippen LogP) is 2.17. The maximum atomic E-state index is 12.5. The Hall–Kier alpha value is -2.90. The molecule has 2 heterocycles. The molecule has 152 valence electrons. The van der Waals surface area contributed by atoms with E-state index < -0.39 is 5.76 Å². The Kier molecular flexibility index (Phi) is 6.07. The van der Waals surface area contributed by atoms with E-state index in [0.717, 1.165) is 13.1 Å². The molecule has 0 aliphatic carbocycles. The molecule has 1 N–H and O–H groups in total. The van der Waals surface area contributed by atoms with Crippen molar-refractivity contribution >= 4 is 17.0 Å². The highest BCUT2D eigenvalue weighted by Gasteiger charge is 2.23. The zero-order chi connectivity index (χ0) is 20.1. The monoisotopic (exact) mass is 395 g/mol. The van der Waals surface area contributed by atoms with Gasteiger partial charge in [0, 0.05) is 32.6 Å². The highest BCUT2D eigenvalue weighted by molar-refractivity contribution is 5.76. The van der Waals surface area contributed by atoms with Crippen molar-refractivity contribution in [3.8, 4) is 0 Å². The molecule has 0 bridgehead atoms. The number of ether oxygens (including phenoxy) is 1. The van der Waals surface area contributed by atoms with Gasteiger partial charge in [0.1, 0.15) is 0 Å². The summed E-state index contributed by atoms with van der Waals surface area (Å²) in [5.41, 5.74) is 2.42. The molecule has 7 nitrogen and oxygen atoms in total. The zero-order valence-electron chi connectivity index (χ0n) is 16.3. The van der Waals surface area contributed by atoms with Crippen molar-refractivity contribution in [2.75, 3.05) is 32.8 Å². The lowest BCUT2D eigenvalue weighted by molar-refractivity contribution is -0.121. The molecular weight excluding hydrogens is 370 g/mol. The van der Waals surface area contributed by atoms with Crippen LogP contribution in [0.3, 0.4) is 0 Å². The fourth-order valence-corrected chi connectivity index (χ4v) is 3.76. The number of amides is 1. The molecule has 1 aliphatic heterocycles. The van der Waals surface area contributed by atoms with Gasteiger partial charge in [-0.1, -0.05) is 42.5 Å². The second-order valence-corrected chi connectivity index (χ2v) is 7.12. The number of nitrogens with one attached hydrogen (secondary N) is 1. The Morgan fingerprint density at radius 3 is 2.55 bits per heavy atom. The predicted molar refractivity (Wildman–Crippen MR) is 110 cm³/mol. The van der Waals surface area contributed by atoms with E-state index in [4.69, 9.17) is 9.15 Å². The molecular formula is C22H25N3O4. The topological polar surface area (TPSA) is 76.7 Å². The summed E-state index contributed by atoms with van der Waals surface area (Å²) < 4.78 is 12.2. The van der Waals surface area contributed by atoms with Gasteiger partial charge < -0.3 is 14.5 Å². The fourth-order valence-electron chi connectivity index (χ4n) is 3.76. The molecule has 2 aromatic carbocycles. The number of nitrogens with zero attached hydrogens (tertiary/aromatic N) is 2. The summed E-state index contributed by atoms with van der Waals surface area (Å²) in [5, 5.41) is 3.04. The minimum atomic E-state index is -0.436. The highest BCUT2D eigenvalue weighted by atomic mass is 16.5. The lowest BCUT2D eigenvalue weighted by atomic mass is 10.0. The summed E-state index contributed by atoms with van der Waals surface area (Å²) in [4.78, 5) is 26.9. The van der Waals surface area contributed by atoms with E-state index in [2.05, 4.69) is 22.3 Å². The molecule has 0 radical (unpaired) electrons. The lowest BCUT2D eigenvalue weighted by Gasteiger charge is -2.35. The SMILES string of the molecule is O=C(CCn1c(=O)oc2ccccc21)NCC(c1ccccc1)N1CCOCC1. The van der Waals surface area contributed by atoms with E-state index in [-0.39, 0.29) is 24.9 Å². The number of rotatable bonds is 7. The van der Waals surface area contributed by atoms with Crippen molar-refractivity contribution in [2.24, 2.45) is 0 Å². The van der Waals surface area contributed by atoms with Gasteiger partial charge in [-0.2, -0.15) is 0 Å². The molecule has 1 aromatic heterocycles. The number of para-hydroxylation sites is 2. The largest absolute Gasteiger partial charge is 0.419 e. The molecule has 1 saturated heterocycles. The number of oxazole rings is 1. The quantitative estimate of drug-likeness (QED) is 0.664. The van der Waals surface area contributed by atoms with Crippen molar-refractivity contribution in [3.63, 3.8) is 0 Å². The van der Waals surface area contributed by atoms with Crippen LogP contribution in [0.1, 0.15) is 18.0 Å². The van der Waals surface area contributed by atoms with Gasteiger partial charge in [0.25, 0.3) is 0 Å². The first-order valence-electron chi connectivity index (χ1n) is 9.94. The zero-order valence-corrected chi connectivity index (χ0v) is 16.3. The maximum absolute atomic E-state index is 12.5. The first kappa shape index (κ1) is 19.4. The average Bonchev–Trinajstić information content (AvgIpc) is 3.09. The number of hydrogen-bond donors (Lipinski definition) is 1. The van der Waals surface area contributed by atoms with Crippen LogP contribution in [-0.2, 0) is 16.1 Å². The molecule has 29 heavy (non-hydrogen) atoms. The van der Waals surface area contributed by atoms with Gasteiger partial charge >= 0.3 is 5.76 Å². The van der Waals surface area contributed by atoms with Crippen LogP contribution in [-0.4, -0.2) is 48.2 Å². The van der Waals surface area contributed by atoms with Gasteiger partial charge in [0.15, 0.2) is 5.58 Å². The van der Waals surface area contributed by atoms with Crippen LogP contribution >= 0.6 is 0 Å². The molecule has 1 amide bonds.